The lowest BCUT2D eigenvalue weighted by Crippen LogP contribution is -2.34. The maximum Gasteiger partial charge on any atom is 0.269 e. The Labute approximate surface area is 147 Å². The minimum absolute atomic E-state index is 0.130. The molecular formula is C18H16N2O4S. The third-order valence-corrected chi connectivity index (χ3v) is 5.93. The first-order chi connectivity index (χ1) is 12.3. The van der Waals surface area contributed by atoms with Gasteiger partial charge >= 0.3 is 0 Å². The molecule has 1 aliphatic carbocycles. The Morgan fingerprint density at radius 1 is 1.28 bits per heavy atom. The predicted molar refractivity (Wildman–Crippen MR) is 93.3 cm³/mol. The minimum atomic E-state index is -4.11. The van der Waals surface area contributed by atoms with Crippen LogP contribution in [0.15, 0.2) is 53.4 Å². The molecule has 0 aliphatic heterocycles. The lowest BCUT2D eigenvalue weighted by Gasteiger charge is -2.27. The molecule has 0 heterocycles. The standard InChI is InChI=1S/C18H16N2O4S/c1-2-13-19(18-12-7-14-5-3-4-6-17(14)18)25(23,24)16-10-8-15(9-11-16)20(21)22/h1,3-6,8-11,18H,7,12-13H2/i18D. The summed E-state index contributed by atoms with van der Waals surface area (Å²) in [7, 11) is -4.11. The second-order valence-corrected chi connectivity index (χ2v) is 7.43. The van der Waals surface area contributed by atoms with Gasteiger partial charge in [-0.25, -0.2) is 8.42 Å². The molecule has 0 radical (unpaired) electrons. The molecule has 0 saturated carbocycles. The van der Waals surface area contributed by atoms with Gasteiger partial charge in [-0.1, -0.05) is 30.2 Å². The Hall–Kier alpha value is -2.69. The zero-order valence-electron chi connectivity index (χ0n) is 14.3. The number of nitrogens with zero attached hydrogens (tertiary/aromatic N) is 2. The molecule has 0 bridgehead atoms. The first-order valence-corrected chi connectivity index (χ1v) is 9.04. The lowest BCUT2D eigenvalue weighted by molar-refractivity contribution is -0.384. The van der Waals surface area contributed by atoms with Crippen molar-refractivity contribution in [2.45, 2.75) is 23.8 Å². The molecule has 2 aromatic rings. The predicted octanol–water partition coefficient (Wildman–Crippen LogP) is 2.91. The SMILES string of the molecule is [2H]C1(N(CC#C)S(=O)(=O)c2ccc([N+](=O)[O-])cc2)CCc2ccccc21. The second-order valence-electron chi connectivity index (χ2n) is 5.57. The Balaban J connectivity index is 2.08. The van der Waals surface area contributed by atoms with Gasteiger partial charge in [0.25, 0.3) is 5.69 Å². The highest BCUT2D eigenvalue weighted by Crippen LogP contribution is 2.38. The van der Waals surface area contributed by atoms with E-state index in [1.165, 1.54) is 12.1 Å². The van der Waals surface area contributed by atoms with Crippen LogP contribution in [0.4, 0.5) is 5.69 Å². The van der Waals surface area contributed by atoms with Crippen LogP contribution in [-0.2, 0) is 16.4 Å². The summed E-state index contributed by atoms with van der Waals surface area (Å²) in [6, 6.07) is 10.3. The summed E-state index contributed by atoms with van der Waals surface area (Å²) in [5, 5.41) is 10.8. The van der Waals surface area contributed by atoms with Gasteiger partial charge in [-0.05, 0) is 36.1 Å². The Morgan fingerprint density at radius 3 is 2.60 bits per heavy atom. The lowest BCUT2D eigenvalue weighted by atomic mass is 10.1. The number of sulfonamides is 1. The van der Waals surface area contributed by atoms with Crippen LogP contribution in [0.25, 0.3) is 0 Å². The van der Waals surface area contributed by atoms with Crippen molar-refractivity contribution < 1.29 is 14.7 Å². The van der Waals surface area contributed by atoms with E-state index >= 15 is 0 Å². The van der Waals surface area contributed by atoms with E-state index in [9.17, 15) is 18.5 Å². The number of terminal acetylenes is 1. The molecule has 3 rings (SSSR count). The maximum atomic E-state index is 13.1. The molecule has 0 fully saturated rings. The van der Waals surface area contributed by atoms with Crippen molar-refractivity contribution in [3.63, 3.8) is 0 Å². The molecule has 1 unspecified atom stereocenters. The zero-order chi connectivity index (χ0) is 18.9. The smallest absolute Gasteiger partial charge is 0.258 e. The molecule has 6 nitrogen and oxygen atoms in total. The molecule has 1 aliphatic rings. The van der Waals surface area contributed by atoms with Crippen LogP contribution in [0.5, 0.6) is 0 Å². The van der Waals surface area contributed by atoms with Gasteiger partial charge in [-0.15, -0.1) is 6.42 Å². The molecule has 0 amide bonds. The van der Waals surface area contributed by atoms with Crippen LogP contribution in [0.2, 0.25) is 0 Å². The zero-order valence-corrected chi connectivity index (χ0v) is 14.1. The van der Waals surface area contributed by atoms with E-state index < -0.39 is 21.0 Å². The topological polar surface area (TPSA) is 80.5 Å². The number of rotatable bonds is 5. The molecule has 25 heavy (non-hydrogen) atoms. The summed E-state index contributed by atoms with van der Waals surface area (Å²) in [5.41, 5.74) is 1.32. The van der Waals surface area contributed by atoms with Crippen molar-refractivity contribution in [3.05, 3.63) is 69.8 Å². The van der Waals surface area contributed by atoms with Crippen LogP contribution in [0.3, 0.4) is 0 Å². The molecule has 128 valence electrons. The van der Waals surface area contributed by atoms with Crippen LogP contribution < -0.4 is 0 Å². The van der Waals surface area contributed by atoms with E-state index in [2.05, 4.69) is 5.92 Å². The Kier molecular flexibility index (Phi) is 4.22. The van der Waals surface area contributed by atoms with E-state index in [0.29, 0.717) is 18.4 Å². The van der Waals surface area contributed by atoms with Crippen molar-refractivity contribution >= 4 is 15.7 Å². The molecule has 1 atom stereocenters. The molecule has 0 N–H and O–H groups in total. The van der Waals surface area contributed by atoms with E-state index in [1.54, 1.807) is 12.1 Å². The third kappa shape index (κ3) is 3.14. The average molecular weight is 357 g/mol. The van der Waals surface area contributed by atoms with E-state index in [1.807, 2.05) is 12.1 Å². The van der Waals surface area contributed by atoms with Gasteiger partial charge in [-0.3, -0.25) is 10.1 Å². The number of benzene rings is 2. The highest BCUT2D eigenvalue weighted by atomic mass is 32.2. The van der Waals surface area contributed by atoms with E-state index in [4.69, 9.17) is 7.79 Å². The summed E-state index contributed by atoms with van der Waals surface area (Å²) in [6.07, 6.45) is 6.26. The molecule has 7 heteroatoms. The average Bonchev–Trinajstić information content (AvgIpc) is 2.97. The Morgan fingerprint density at radius 2 is 1.96 bits per heavy atom. The first kappa shape index (κ1) is 15.8. The van der Waals surface area contributed by atoms with Crippen LogP contribution in [-0.4, -0.2) is 24.2 Å². The fourth-order valence-corrected chi connectivity index (χ4v) is 4.40. The number of nitro benzene ring substituents is 1. The second kappa shape index (κ2) is 6.67. The van der Waals surface area contributed by atoms with Gasteiger partial charge < -0.3 is 0 Å². The highest BCUT2D eigenvalue weighted by molar-refractivity contribution is 7.89. The van der Waals surface area contributed by atoms with Crippen molar-refractivity contribution in [1.29, 1.82) is 0 Å². The van der Waals surface area contributed by atoms with Crippen molar-refractivity contribution in [1.82, 2.24) is 4.31 Å². The van der Waals surface area contributed by atoms with Crippen LogP contribution in [0, 0.1) is 22.5 Å². The number of fused-ring (bicyclic) bond motifs is 1. The number of hydrogen-bond donors (Lipinski definition) is 0. The van der Waals surface area contributed by atoms with Crippen molar-refractivity contribution in [2.75, 3.05) is 6.54 Å². The van der Waals surface area contributed by atoms with Gasteiger partial charge in [-0.2, -0.15) is 4.31 Å². The molecular weight excluding hydrogens is 340 g/mol. The monoisotopic (exact) mass is 357 g/mol. The van der Waals surface area contributed by atoms with Gasteiger partial charge in [0.05, 0.1) is 23.8 Å². The number of non-ortho nitro benzene ring substituents is 1. The fourth-order valence-electron chi connectivity index (χ4n) is 2.94. The molecule has 0 aromatic heterocycles. The van der Waals surface area contributed by atoms with E-state index in [-0.39, 0.29) is 17.1 Å². The molecule has 0 saturated heterocycles. The molecule has 0 spiro atoms. The number of nitro groups is 1. The summed E-state index contributed by atoms with van der Waals surface area (Å²) >= 11 is 0. The van der Waals surface area contributed by atoms with Gasteiger partial charge in [0.1, 0.15) is 0 Å². The third-order valence-electron chi connectivity index (χ3n) is 4.13. The van der Waals surface area contributed by atoms with Gasteiger partial charge in [0.15, 0.2) is 0 Å². The van der Waals surface area contributed by atoms with Crippen LogP contribution >= 0.6 is 0 Å². The van der Waals surface area contributed by atoms with Crippen LogP contribution in [0.1, 0.15) is 24.9 Å². The highest BCUT2D eigenvalue weighted by Gasteiger charge is 2.35. The van der Waals surface area contributed by atoms with E-state index in [0.717, 1.165) is 22.0 Å². The number of hydrogen-bond acceptors (Lipinski definition) is 4. The molecule has 2 aromatic carbocycles. The number of aryl methyl sites for hydroxylation is 1. The quantitative estimate of drug-likeness (QED) is 0.468. The summed E-state index contributed by atoms with van der Waals surface area (Å²) in [6.45, 7) is -0.267. The first-order valence-electron chi connectivity index (χ1n) is 8.10. The van der Waals surface area contributed by atoms with Gasteiger partial charge in [0.2, 0.25) is 10.0 Å². The normalized spacial score (nSPS) is 19.9. The summed E-state index contributed by atoms with van der Waals surface area (Å²) < 4.78 is 36.2. The van der Waals surface area contributed by atoms with Gasteiger partial charge in [0, 0.05) is 12.1 Å². The Bertz CT molecular complexity index is 999. The summed E-state index contributed by atoms with van der Waals surface area (Å²) in [4.78, 5) is 10.1. The van der Waals surface area contributed by atoms with Crippen molar-refractivity contribution in [2.24, 2.45) is 0 Å². The fraction of sp³-hybridized carbons (Fsp3) is 0.222. The largest absolute Gasteiger partial charge is 0.269 e. The summed E-state index contributed by atoms with van der Waals surface area (Å²) in [5.74, 6) is 2.32. The van der Waals surface area contributed by atoms with Crippen molar-refractivity contribution in [3.8, 4) is 12.3 Å². The maximum absolute atomic E-state index is 13.1. The minimum Gasteiger partial charge on any atom is -0.258 e.